The fraction of sp³-hybridized carbons (Fsp3) is 0.375. The van der Waals surface area contributed by atoms with Crippen molar-refractivity contribution in [3.63, 3.8) is 0 Å². The van der Waals surface area contributed by atoms with Crippen molar-refractivity contribution in [3.8, 4) is 17.2 Å². The molecule has 2 aromatic rings. The van der Waals surface area contributed by atoms with Gasteiger partial charge in [-0.15, -0.1) is 0 Å². The molecule has 34 heavy (non-hydrogen) atoms. The smallest absolute Gasteiger partial charge is 0.344 e. The Morgan fingerprint density at radius 1 is 1.24 bits per heavy atom. The Bertz CT molecular complexity index is 1210. The van der Waals surface area contributed by atoms with Crippen LogP contribution in [0, 0.1) is 10.1 Å². The van der Waals surface area contributed by atoms with Crippen LogP contribution in [0.15, 0.2) is 48.0 Å². The van der Waals surface area contributed by atoms with E-state index < -0.39 is 29.7 Å². The highest BCUT2D eigenvalue weighted by Crippen LogP contribution is 2.50. The van der Waals surface area contributed by atoms with Gasteiger partial charge in [0.2, 0.25) is 6.79 Å². The molecular formula is C24H22N2O8. The molecule has 4 aliphatic rings. The van der Waals surface area contributed by atoms with Gasteiger partial charge in [0.1, 0.15) is 12.2 Å². The van der Waals surface area contributed by atoms with Gasteiger partial charge in [0.25, 0.3) is 0 Å². The number of aliphatic hydroxyl groups is 1. The summed E-state index contributed by atoms with van der Waals surface area (Å²) in [5, 5.41) is 22.1. The van der Waals surface area contributed by atoms with Gasteiger partial charge < -0.3 is 24.1 Å². The number of para-hydroxylation sites is 2. The van der Waals surface area contributed by atoms with E-state index in [0.717, 1.165) is 36.2 Å². The summed E-state index contributed by atoms with van der Waals surface area (Å²) in [6.07, 6.45) is 0.818. The fourth-order valence-corrected chi connectivity index (χ4v) is 5.53. The Balaban J connectivity index is 1.27. The zero-order chi connectivity index (χ0) is 23.4. The lowest BCUT2D eigenvalue weighted by molar-refractivity contribution is -0.385. The van der Waals surface area contributed by atoms with Crippen LogP contribution in [-0.4, -0.2) is 59.1 Å². The first-order valence-electron chi connectivity index (χ1n) is 11.1. The summed E-state index contributed by atoms with van der Waals surface area (Å²) < 4.78 is 22.3. The Hall–Kier alpha value is -3.63. The van der Waals surface area contributed by atoms with Crippen LogP contribution in [0.1, 0.15) is 23.5 Å². The lowest BCUT2D eigenvalue weighted by atomic mass is 9.73. The largest absolute Gasteiger partial charge is 0.475 e. The van der Waals surface area contributed by atoms with Crippen molar-refractivity contribution in [1.29, 1.82) is 0 Å². The third-order valence-electron chi connectivity index (χ3n) is 6.92. The van der Waals surface area contributed by atoms with Crippen molar-refractivity contribution in [3.05, 3.63) is 69.3 Å². The summed E-state index contributed by atoms with van der Waals surface area (Å²) >= 11 is 0. The third-order valence-corrected chi connectivity index (χ3v) is 6.92. The normalized spacial score (nSPS) is 26.3. The molecule has 2 aromatic carbocycles. The minimum absolute atomic E-state index is 0.0187. The van der Waals surface area contributed by atoms with Gasteiger partial charge in [-0.2, -0.15) is 0 Å². The van der Waals surface area contributed by atoms with Crippen molar-refractivity contribution in [2.75, 3.05) is 19.9 Å². The van der Waals surface area contributed by atoms with E-state index in [1.165, 1.54) is 18.2 Å². The highest BCUT2D eigenvalue weighted by molar-refractivity contribution is 5.72. The van der Waals surface area contributed by atoms with E-state index in [-0.39, 0.29) is 30.2 Å². The Morgan fingerprint density at radius 3 is 2.85 bits per heavy atom. The average molecular weight is 466 g/mol. The van der Waals surface area contributed by atoms with E-state index >= 15 is 0 Å². The number of nitro groups is 1. The second kappa shape index (κ2) is 8.00. The number of ether oxygens (including phenoxy) is 4. The lowest BCUT2D eigenvalue weighted by Gasteiger charge is -2.45. The number of fused-ring (bicyclic) bond motifs is 3. The fourth-order valence-electron chi connectivity index (χ4n) is 5.53. The molecule has 1 fully saturated rings. The predicted molar refractivity (Wildman–Crippen MR) is 117 cm³/mol. The number of hydrogen-bond donors (Lipinski definition) is 1. The van der Waals surface area contributed by atoms with Crippen LogP contribution in [0.4, 0.5) is 5.69 Å². The summed E-state index contributed by atoms with van der Waals surface area (Å²) in [5.41, 5.74) is 2.93. The van der Waals surface area contributed by atoms with Crippen LogP contribution in [0.5, 0.6) is 17.2 Å². The minimum atomic E-state index is -0.984. The Kier molecular flexibility index (Phi) is 4.93. The maximum absolute atomic E-state index is 12.8. The van der Waals surface area contributed by atoms with Gasteiger partial charge in [0, 0.05) is 31.1 Å². The molecule has 10 heteroatoms. The summed E-state index contributed by atoms with van der Waals surface area (Å²) in [5.74, 6) is 0.311. The number of esters is 1. The van der Waals surface area contributed by atoms with Gasteiger partial charge in [-0.25, -0.2) is 4.79 Å². The number of carbonyl (C=O) groups excluding carboxylic acids is 1. The van der Waals surface area contributed by atoms with E-state index in [4.69, 9.17) is 18.9 Å². The second-order valence-corrected chi connectivity index (χ2v) is 8.80. The molecule has 1 N–H and O–H groups in total. The van der Waals surface area contributed by atoms with Gasteiger partial charge in [-0.05, 0) is 35.7 Å². The number of nitrogens with zero attached hydrogens (tertiary/aromatic N) is 2. The number of aliphatic hydroxyl groups excluding tert-OH is 1. The molecule has 3 aliphatic heterocycles. The molecule has 0 amide bonds. The number of carbonyl (C=O) groups is 1. The van der Waals surface area contributed by atoms with E-state index in [2.05, 4.69) is 4.90 Å². The predicted octanol–water partition coefficient (Wildman–Crippen LogP) is 2.29. The molecule has 1 aliphatic carbocycles. The molecule has 0 saturated carbocycles. The molecule has 4 atom stereocenters. The van der Waals surface area contributed by atoms with Gasteiger partial charge in [0.05, 0.1) is 4.92 Å². The molecule has 10 nitrogen and oxygen atoms in total. The number of hydrogen-bond acceptors (Lipinski definition) is 9. The first-order chi connectivity index (χ1) is 16.5. The van der Waals surface area contributed by atoms with E-state index in [9.17, 15) is 20.0 Å². The summed E-state index contributed by atoms with van der Waals surface area (Å²) in [4.78, 5) is 25.7. The molecule has 0 aromatic heterocycles. The molecule has 4 unspecified atom stereocenters. The topological polar surface area (TPSA) is 121 Å². The van der Waals surface area contributed by atoms with Crippen LogP contribution in [0.25, 0.3) is 0 Å². The van der Waals surface area contributed by atoms with E-state index in [0.29, 0.717) is 11.5 Å². The van der Waals surface area contributed by atoms with Crippen molar-refractivity contribution in [1.82, 2.24) is 4.90 Å². The second-order valence-electron chi connectivity index (χ2n) is 8.80. The van der Waals surface area contributed by atoms with E-state index in [1.54, 1.807) is 12.1 Å². The van der Waals surface area contributed by atoms with Crippen LogP contribution >= 0.6 is 0 Å². The van der Waals surface area contributed by atoms with Gasteiger partial charge in [-0.1, -0.05) is 23.8 Å². The standard InChI is InChI=1S/C24H22N2O8/c27-17-7-13-5-6-25-10-14-8-19-20(33-12-32-19)9-15(14)22(23(13)25)24(17)34-21(28)11-31-18-4-2-1-3-16(18)26(29)30/h1-4,7-9,17,22-24,27H,5-6,10-12H2. The molecule has 0 radical (unpaired) electrons. The molecule has 0 bridgehead atoms. The molecule has 1 saturated heterocycles. The summed E-state index contributed by atoms with van der Waals surface area (Å²) in [6.45, 7) is 1.24. The molecule has 3 heterocycles. The third kappa shape index (κ3) is 3.37. The maximum Gasteiger partial charge on any atom is 0.344 e. The first kappa shape index (κ1) is 20.9. The molecule has 176 valence electrons. The summed E-state index contributed by atoms with van der Waals surface area (Å²) in [6, 6.07) is 9.74. The van der Waals surface area contributed by atoms with Gasteiger partial charge >= 0.3 is 11.7 Å². The molecule has 0 spiro atoms. The van der Waals surface area contributed by atoms with Gasteiger partial charge in [0.15, 0.2) is 23.9 Å². The first-order valence-corrected chi connectivity index (χ1v) is 11.1. The van der Waals surface area contributed by atoms with Crippen molar-refractivity contribution < 1.29 is 33.8 Å². The number of benzene rings is 2. The van der Waals surface area contributed by atoms with E-state index in [1.807, 2.05) is 12.1 Å². The zero-order valence-corrected chi connectivity index (χ0v) is 18.1. The number of nitro benzene ring substituents is 1. The van der Waals surface area contributed by atoms with Gasteiger partial charge in [-0.3, -0.25) is 15.0 Å². The Morgan fingerprint density at radius 2 is 2.03 bits per heavy atom. The average Bonchev–Trinajstić information content (AvgIpc) is 3.45. The quantitative estimate of drug-likeness (QED) is 0.306. The lowest BCUT2D eigenvalue weighted by Crippen LogP contribution is -2.51. The highest BCUT2D eigenvalue weighted by atomic mass is 16.7. The Labute approximate surface area is 194 Å². The van der Waals surface area contributed by atoms with Crippen LogP contribution in [0.2, 0.25) is 0 Å². The molecular weight excluding hydrogens is 444 g/mol. The van der Waals surface area contributed by atoms with Crippen LogP contribution in [0.3, 0.4) is 0 Å². The zero-order valence-electron chi connectivity index (χ0n) is 18.1. The van der Waals surface area contributed by atoms with Crippen LogP contribution < -0.4 is 14.2 Å². The van der Waals surface area contributed by atoms with Crippen molar-refractivity contribution in [2.45, 2.75) is 37.1 Å². The maximum atomic E-state index is 12.8. The van der Waals surface area contributed by atoms with Crippen LogP contribution in [-0.2, 0) is 16.1 Å². The minimum Gasteiger partial charge on any atom is -0.475 e. The van der Waals surface area contributed by atoms with Crippen molar-refractivity contribution >= 4 is 11.7 Å². The monoisotopic (exact) mass is 466 g/mol. The molecule has 6 rings (SSSR count). The summed E-state index contributed by atoms with van der Waals surface area (Å²) in [7, 11) is 0. The van der Waals surface area contributed by atoms with Crippen molar-refractivity contribution in [2.24, 2.45) is 0 Å². The SMILES string of the molecule is O=C(COc1ccccc1[N+](=O)[O-])OC1C(O)C=C2CCN3Cc4cc5c(cc4C1C23)OCO5. The highest BCUT2D eigenvalue weighted by Gasteiger charge is 2.51. The number of rotatable bonds is 5.